The zero-order chi connectivity index (χ0) is 12.8. The zero-order valence-electron chi connectivity index (χ0n) is 11.7. The van der Waals surface area contributed by atoms with Crippen molar-refractivity contribution < 1.29 is 0 Å². The monoisotopic (exact) mass is 235 g/mol. The van der Waals surface area contributed by atoms with E-state index in [0.29, 0.717) is 6.04 Å². The summed E-state index contributed by atoms with van der Waals surface area (Å²) in [5.74, 6) is 1.13. The molecule has 17 heavy (non-hydrogen) atoms. The van der Waals surface area contributed by atoms with Crippen LogP contribution in [0.1, 0.15) is 38.3 Å². The van der Waals surface area contributed by atoms with Crippen molar-refractivity contribution in [2.75, 3.05) is 18.5 Å². The standard InChI is InChI=1S/C14H25N3/c1-6-12(4)17(7-2)14-11(3)8-13(9-15-5)10-16-14/h8,10,12,15H,6-7,9H2,1-5H3. The number of anilines is 1. The quantitative estimate of drug-likeness (QED) is 0.821. The van der Waals surface area contributed by atoms with Crippen LogP contribution in [0.15, 0.2) is 12.3 Å². The highest BCUT2D eigenvalue weighted by atomic mass is 15.2. The molecule has 1 aromatic heterocycles. The second kappa shape index (κ2) is 6.60. The largest absolute Gasteiger partial charge is 0.354 e. The topological polar surface area (TPSA) is 28.2 Å². The number of rotatable bonds is 6. The third-order valence-corrected chi connectivity index (χ3v) is 3.22. The minimum Gasteiger partial charge on any atom is -0.354 e. The predicted octanol–water partition coefficient (Wildman–Crippen LogP) is 2.73. The smallest absolute Gasteiger partial charge is 0.131 e. The molecule has 3 heteroatoms. The lowest BCUT2D eigenvalue weighted by atomic mass is 10.1. The summed E-state index contributed by atoms with van der Waals surface area (Å²) in [5.41, 5.74) is 2.51. The van der Waals surface area contributed by atoms with Gasteiger partial charge in [0.25, 0.3) is 0 Å². The van der Waals surface area contributed by atoms with Crippen LogP contribution in [0, 0.1) is 6.92 Å². The summed E-state index contributed by atoms with van der Waals surface area (Å²) in [5, 5.41) is 3.15. The van der Waals surface area contributed by atoms with Crippen molar-refractivity contribution in [2.45, 2.75) is 46.7 Å². The molecule has 1 unspecified atom stereocenters. The first kappa shape index (κ1) is 14.0. The predicted molar refractivity (Wildman–Crippen MR) is 74.5 cm³/mol. The molecule has 1 N–H and O–H groups in total. The molecule has 0 amide bonds. The van der Waals surface area contributed by atoms with E-state index in [4.69, 9.17) is 0 Å². The number of aromatic nitrogens is 1. The van der Waals surface area contributed by atoms with Crippen LogP contribution < -0.4 is 10.2 Å². The molecule has 1 heterocycles. The number of hydrogen-bond donors (Lipinski definition) is 1. The molecule has 0 saturated carbocycles. The van der Waals surface area contributed by atoms with Crippen LogP contribution in [0.2, 0.25) is 0 Å². The molecule has 0 saturated heterocycles. The molecule has 0 aromatic carbocycles. The second-order valence-corrected chi connectivity index (χ2v) is 4.56. The van der Waals surface area contributed by atoms with Gasteiger partial charge in [-0.05, 0) is 51.4 Å². The number of pyridine rings is 1. The molecule has 96 valence electrons. The normalized spacial score (nSPS) is 12.5. The van der Waals surface area contributed by atoms with Crippen LogP contribution in [0.25, 0.3) is 0 Å². The first-order valence-electron chi connectivity index (χ1n) is 6.50. The van der Waals surface area contributed by atoms with Gasteiger partial charge in [0, 0.05) is 25.3 Å². The lowest BCUT2D eigenvalue weighted by Crippen LogP contribution is -2.33. The summed E-state index contributed by atoms with van der Waals surface area (Å²) < 4.78 is 0. The van der Waals surface area contributed by atoms with Gasteiger partial charge in [0.15, 0.2) is 0 Å². The molecule has 0 aliphatic heterocycles. The maximum Gasteiger partial charge on any atom is 0.131 e. The molecule has 0 aliphatic rings. The fourth-order valence-electron chi connectivity index (χ4n) is 2.12. The Morgan fingerprint density at radius 3 is 2.59 bits per heavy atom. The third-order valence-electron chi connectivity index (χ3n) is 3.22. The summed E-state index contributed by atoms with van der Waals surface area (Å²) >= 11 is 0. The third kappa shape index (κ3) is 3.43. The Bertz CT molecular complexity index is 349. The first-order chi connectivity index (χ1) is 8.13. The Labute approximate surface area is 105 Å². The lowest BCUT2D eigenvalue weighted by molar-refractivity contribution is 0.621. The molecular formula is C14H25N3. The van der Waals surface area contributed by atoms with Crippen LogP contribution in [-0.2, 0) is 6.54 Å². The van der Waals surface area contributed by atoms with E-state index in [2.05, 4.69) is 49.0 Å². The van der Waals surface area contributed by atoms with Crippen molar-refractivity contribution in [3.63, 3.8) is 0 Å². The average molecular weight is 235 g/mol. The van der Waals surface area contributed by atoms with E-state index in [9.17, 15) is 0 Å². The van der Waals surface area contributed by atoms with Crippen LogP contribution >= 0.6 is 0 Å². The zero-order valence-corrected chi connectivity index (χ0v) is 11.7. The van der Waals surface area contributed by atoms with Crippen molar-refractivity contribution in [3.05, 3.63) is 23.4 Å². The number of aryl methyl sites for hydroxylation is 1. The van der Waals surface area contributed by atoms with Gasteiger partial charge >= 0.3 is 0 Å². The summed E-state index contributed by atoms with van der Waals surface area (Å²) in [6.45, 7) is 10.7. The molecule has 1 atom stereocenters. The fourth-order valence-corrected chi connectivity index (χ4v) is 2.12. The molecule has 0 bridgehead atoms. The highest BCUT2D eigenvalue weighted by Gasteiger charge is 2.14. The van der Waals surface area contributed by atoms with E-state index in [0.717, 1.165) is 25.3 Å². The van der Waals surface area contributed by atoms with Crippen LogP contribution in [-0.4, -0.2) is 24.6 Å². The maximum absolute atomic E-state index is 4.62. The van der Waals surface area contributed by atoms with Gasteiger partial charge < -0.3 is 10.2 Å². The van der Waals surface area contributed by atoms with Gasteiger partial charge in [0.2, 0.25) is 0 Å². The van der Waals surface area contributed by atoms with E-state index in [1.807, 2.05) is 13.2 Å². The van der Waals surface area contributed by atoms with Gasteiger partial charge in [-0.25, -0.2) is 4.98 Å². The maximum atomic E-state index is 4.62. The van der Waals surface area contributed by atoms with E-state index >= 15 is 0 Å². The van der Waals surface area contributed by atoms with Crippen molar-refractivity contribution in [1.29, 1.82) is 0 Å². The Morgan fingerprint density at radius 2 is 2.12 bits per heavy atom. The summed E-state index contributed by atoms with van der Waals surface area (Å²) in [6, 6.07) is 2.77. The van der Waals surface area contributed by atoms with Crippen molar-refractivity contribution in [3.8, 4) is 0 Å². The average Bonchev–Trinajstić information content (AvgIpc) is 2.32. The van der Waals surface area contributed by atoms with Gasteiger partial charge in [-0.15, -0.1) is 0 Å². The first-order valence-corrected chi connectivity index (χ1v) is 6.50. The molecule has 0 aliphatic carbocycles. The summed E-state index contributed by atoms with van der Waals surface area (Å²) in [7, 11) is 1.96. The lowest BCUT2D eigenvalue weighted by Gasteiger charge is -2.29. The van der Waals surface area contributed by atoms with Crippen molar-refractivity contribution in [1.82, 2.24) is 10.3 Å². The van der Waals surface area contributed by atoms with E-state index in [1.54, 1.807) is 0 Å². The minimum absolute atomic E-state index is 0.543. The van der Waals surface area contributed by atoms with E-state index in [1.165, 1.54) is 11.1 Å². The van der Waals surface area contributed by atoms with Gasteiger partial charge in [-0.2, -0.15) is 0 Å². The SMILES string of the molecule is CCC(C)N(CC)c1ncc(CNC)cc1C. The van der Waals surface area contributed by atoms with Gasteiger partial charge in [0.05, 0.1) is 0 Å². The molecule has 0 fully saturated rings. The Balaban J connectivity index is 2.96. The molecule has 0 radical (unpaired) electrons. The molecule has 1 rings (SSSR count). The Hall–Kier alpha value is -1.09. The van der Waals surface area contributed by atoms with Crippen molar-refractivity contribution >= 4 is 5.82 Å². The second-order valence-electron chi connectivity index (χ2n) is 4.56. The van der Waals surface area contributed by atoms with Crippen LogP contribution in [0.3, 0.4) is 0 Å². The van der Waals surface area contributed by atoms with Crippen molar-refractivity contribution in [2.24, 2.45) is 0 Å². The highest BCUT2D eigenvalue weighted by Crippen LogP contribution is 2.21. The van der Waals surface area contributed by atoms with E-state index < -0.39 is 0 Å². The van der Waals surface area contributed by atoms with Gasteiger partial charge in [0.1, 0.15) is 5.82 Å². The fraction of sp³-hybridized carbons (Fsp3) is 0.643. The number of hydrogen-bond acceptors (Lipinski definition) is 3. The summed E-state index contributed by atoms with van der Waals surface area (Å²) in [6.07, 6.45) is 3.12. The molecular weight excluding hydrogens is 210 g/mol. The van der Waals surface area contributed by atoms with Crippen LogP contribution in [0.5, 0.6) is 0 Å². The number of nitrogens with zero attached hydrogens (tertiary/aromatic N) is 2. The van der Waals surface area contributed by atoms with E-state index in [-0.39, 0.29) is 0 Å². The number of nitrogens with one attached hydrogen (secondary N) is 1. The van der Waals surface area contributed by atoms with Crippen LogP contribution in [0.4, 0.5) is 5.82 Å². The molecule has 1 aromatic rings. The van der Waals surface area contributed by atoms with Gasteiger partial charge in [-0.3, -0.25) is 0 Å². The molecule has 3 nitrogen and oxygen atoms in total. The minimum atomic E-state index is 0.543. The highest BCUT2D eigenvalue weighted by molar-refractivity contribution is 5.48. The van der Waals surface area contributed by atoms with Gasteiger partial charge in [-0.1, -0.05) is 6.92 Å². The molecule has 0 spiro atoms. The Morgan fingerprint density at radius 1 is 1.41 bits per heavy atom. The summed E-state index contributed by atoms with van der Waals surface area (Å²) in [4.78, 5) is 7.00. The Kier molecular flexibility index (Phi) is 5.42.